The Labute approximate surface area is 125 Å². The fourth-order valence-electron chi connectivity index (χ4n) is 1.82. The van der Waals surface area contributed by atoms with Crippen LogP contribution in [0.1, 0.15) is 36.3 Å². The highest BCUT2D eigenvalue weighted by molar-refractivity contribution is 7.13. The molecule has 0 spiro atoms. The second-order valence-corrected chi connectivity index (χ2v) is 5.56. The van der Waals surface area contributed by atoms with Crippen LogP contribution in [0.4, 0.5) is 0 Å². The van der Waals surface area contributed by atoms with Gasteiger partial charge in [-0.15, -0.1) is 11.3 Å². The summed E-state index contributed by atoms with van der Waals surface area (Å²) in [5, 5.41) is 21.9. The quantitative estimate of drug-likeness (QED) is 0.803. The van der Waals surface area contributed by atoms with Crippen molar-refractivity contribution in [2.75, 3.05) is 0 Å². The van der Waals surface area contributed by atoms with Crippen molar-refractivity contribution >= 4 is 23.2 Å². The number of aromatic carboxylic acids is 1. The van der Waals surface area contributed by atoms with Crippen molar-refractivity contribution in [2.45, 2.75) is 20.4 Å². The van der Waals surface area contributed by atoms with Crippen molar-refractivity contribution in [2.24, 2.45) is 0 Å². The first kappa shape index (κ1) is 15.0. The Morgan fingerprint density at radius 2 is 2.05 bits per heavy atom. The number of para-hydroxylation sites is 1. The van der Waals surface area contributed by atoms with Crippen molar-refractivity contribution in [3.05, 3.63) is 44.9 Å². The minimum atomic E-state index is -1.03. The van der Waals surface area contributed by atoms with Gasteiger partial charge in [-0.05, 0) is 25.5 Å². The average Bonchev–Trinajstić information content (AvgIpc) is 2.80. The van der Waals surface area contributed by atoms with Gasteiger partial charge in [0.05, 0.1) is 17.8 Å². The predicted octanol–water partition coefficient (Wildman–Crippen LogP) is 2.09. The maximum atomic E-state index is 12.0. The number of aromatic nitrogens is 1. The summed E-state index contributed by atoms with van der Waals surface area (Å²) < 4.78 is 0. The molecule has 0 saturated carbocycles. The Bertz CT molecular complexity index is 709. The number of aryl methyl sites for hydroxylation is 2. The largest absolute Gasteiger partial charge is 0.507 e. The number of carbonyl (C=O) groups is 2. The monoisotopic (exact) mass is 306 g/mol. The number of carboxylic acid groups (broad SMARTS) is 1. The summed E-state index contributed by atoms with van der Waals surface area (Å²) in [6.07, 6.45) is 0. The minimum absolute atomic E-state index is 0.0588. The van der Waals surface area contributed by atoms with Crippen molar-refractivity contribution < 1.29 is 19.8 Å². The number of carboxylic acids is 1. The molecule has 2 aromatic rings. The van der Waals surface area contributed by atoms with Gasteiger partial charge < -0.3 is 15.5 Å². The van der Waals surface area contributed by atoms with E-state index < -0.39 is 11.9 Å². The van der Waals surface area contributed by atoms with Gasteiger partial charge in [0.15, 0.2) is 0 Å². The van der Waals surface area contributed by atoms with Gasteiger partial charge in [-0.2, -0.15) is 0 Å². The molecule has 2 rings (SSSR count). The Morgan fingerprint density at radius 3 is 2.67 bits per heavy atom. The maximum absolute atomic E-state index is 12.0. The van der Waals surface area contributed by atoms with Crippen LogP contribution in [0.25, 0.3) is 0 Å². The fourth-order valence-corrected chi connectivity index (χ4v) is 2.66. The molecule has 3 N–H and O–H groups in total. The van der Waals surface area contributed by atoms with E-state index in [9.17, 15) is 14.7 Å². The lowest BCUT2D eigenvalue weighted by Gasteiger charge is -2.07. The lowest BCUT2D eigenvalue weighted by atomic mass is 10.1. The highest BCUT2D eigenvalue weighted by Crippen LogP contribution is 2.22. The molecule has 0 aliphatic heterocycles. The molecule has 0 saturated heterocycles. The van der Waals surface area contributed by atoms with Crippen LogP contribution in [0.15, 0.2) is 18.2 Å². The first-order chi connectivity index (χ1) is 9.90. The molecule has 6 nitrogen and oxygen atoms in total. The zero-order valence-electron chi connectivity index (χ0n) is 11.5. The van der Waals surface area contributed by atoms with Crippen molar-refractivity contribution in [3.63, 3.8) is 0 Å². The number of thiazole rings is 1. The number of benzene rings is 1. The molecule has 0 bridgehead atoms. The number of hydrogen-bond donors (Lipinski definition) is 3. The number of carbonyl (C=O) groups excluding carboxylic acids is 1. The zero-order valence-corrected chi connectivity index (χ0v) is 12.3. The fraction of sp³-hybridized carbons (Fsp3) is 0.214. The smallest absolute Gasteiger partial charge is 0.347 e. The molecule has 0 unspecified atom stereocenters. The lowest BCUT2D eigenvalue weighted by molar-refractivity contribution is 0.0701. The van der Waals surface area contributed by atoms with Crippen LogP contribution in [-0.2, 0) is 6.54 Å². The molecule has 1 amide bonds. The highest BCUT2D eigenvalue weighted by Gasteiger charge is 2.16. The summed E-state index contributed by atoms with van der Waals surface area (Å²) in [5.41, 5.74) is 1.22. The molecule has 0 radical (unpaired) electrons. The molecule has 1 aromatic carbocycles. The minimum Gasteiger partial charge on any atom is -0.507 e. The normalized spacial score (nSPS) is 10.4. The van der Waals surface area contributed by atoms with Crippen LogP contribution in [0.5, 0.6) is 5.75 Å². The van der Waals surface area contributed by atoms with Gasteiger partial charge in [-0.25, -0.2) is 9.78 Å². The Hall–Kier alpha value is -2.41. The summed E-state index contributed by atoms with van der Waals surface area (Å²) in [6, 6.07) is 4.91. The third kappa shape index (κ3) is 3.19. The van der Waals surface area contributed by atoms with Gasteiger partial charge in [-0.3, -0.25) is 4.79 Å². The third-order valence-corrected chi connectivity index (χ3v) is 4.06. The van der Waals surface area contributed by atoms with E-state index >= 15 is 0 Å². The molecule has 21 heavy (non-hydrogen) atoms. The van der Waals surface area contributed by atoms with E-state index in [1.54, 1.807) is 26.0 Å². The standard InChI is InChI=1S/C14H14N2O4S/c1-7-4-3-5-9(11(7)17)13(18)15-6-10-16-8(2)12(21-10)14(19)20/h3-5,17H,6H2,1-2H3,(H,15,18)(H,19,20). The maximum Gasteiger partial charge on any atom is 0.347 e. The Balaban J connectivity index is 2.09. The second-order valence-electron chi connectivity index (χ2n) is 4.48. The van der Waals surface area contributed by atoms with E-state index in [1.807, 2.05) is 0 Å². The Kier molecular flexibility index (Phi) is 4.23. The van der Waals surface area contributed by atoms with Gasteiger partial charge >= 0.3 is 5.97 Å². The number of aromatic hydroxyl groups is 1. The number of phenols is 1. The van der Waals surface area contributed by atoms with Crippen LogP contribution in [0.3, 0.4) is 0 Å². The highest BCUT2D eigenvalue weighted by atomic mass is 32.1. The molecule has 0 aliphatic rings. The zero-order chi connectivity index (χ0) is 15.6. The first-order valence-electron chi connectivity index (χ1n) is 6.16. The van der Waals surface area contributed by atoms with Crippen LogP contribution in [0, 0.1) is 13.8 Å². The topological polar surface area (TPSA) is 99.5 Å². The van der Waals surface area contributed by atoms with Crippen molar-refractivity contribution in [1.29, 1.82) is 0 Å². The van der Waals surface area contributed by atoms with Gasteiger partial charge in [0, 0.05) is 0 Å². The number of nitrogens with zero attached hydrogens (tertiary/aromatic N) is 1. The Morgan fingerprint density at radius 1 is 1.33 bits per heavy atom. The molecule has 1 heterocycles. The van der Waals surface area contributed by atoms with E-state index in [0.717, 1.165) is 11.3 Å². The molecule has 7 heteroatoms. The third-order valence-electron chi connectivity index (χ3n) is 2.92. The molecule has 1 aromatic heterocycles. The summed E-state index contributed by atoms with van der Waals surface area (Å²) in [6.45, 7) is 3.43. The van der Waals surface area contributed by atoms with Gasteiger partial charge in [-0.1, -0.05) is 12.1 Å². The molecule has 110 valence electrons. The van der Waals surface area contributed by atoms with Crippen LogP contribution in [0.2, 0.25) is 0 Å². The molecule has 0 fully saturated rings. The number of amides is 1. The van der Waals surface area contributed by atoms with Crippen LogP contribution < -0.4 is 5.32 Å². The molecular formula is C14H14N2O4S. The molecule has 0 aliphatic carbocycles. The van der Waals surface area contributed by atoms with Gasteiger partial charge in [0.25, 0.3) is 5.91 Å². The molecular weight excluding hydrogens is 292 g/mol. The summed E-state index contributed by atoms with van der Waals surface area (Å²) >= 11 is 1.02. The van der Waals surface area contributed by atoms with Gasteiger partial charge in [0.2, 0.25) is 0 Å². The van der Waals surface area contributed by atoms with Crippen LogP contribution >= 0.6 is 11.3 Å². The lowest BCUT2D eigenvalue weighted by Crippen LogP contribution is -2.22. The average molecular weight is 306 g/mol. The number of phenolic OH excluding ortho intramolecular Hbond substituents is 1. The van der Waals surface area contributed by atoms with Crippen molar-refractivity contribution in [1.82, 2.24) is 10.3 Å². The van der Waals surface area contributed by atoms with Gasteiger partial charge in [0.1, 0.15) is 15.6 Å². The van der Waals surface area contributed by atoms with E-state index in [1.165, 1.54) is 6.07 Å². The van der Waals surface area contributed by atoms with E-state index in [2.05, 4.69) is 10.3 Å². The second kappa shape index (κ2) is 5.92. The SMILES string of the molecule is Cc1cccc(C(=O)NCc2nc(C)c(C(=O)O)s2)c1O. The van der Waals surface area contributed by atoms with E-state index in [4.69, 9.17) is 5.11 Å². The summed E-state index contributed by atoms with van der Waals surface area (Å²) in [4.78, 5) is 27.2. The number of nitrogens with one attached hydrogen (secondary N) is 1. The van der Waals surface area contributed by atoms with Crippen LogP contribution in [-0.4, -0.2) is 27.1 Å². The number of rotatable bonds is 4. The van der Waals surface area contributed by atoms with E-state index in [-0.39, 0.29) is 22.7 Å². The summed E-state index contributed by atoms with van der Waals surface area (Å²) in [5.74, 6) is -1.52. The predicted molar refractivity (Wildman–Crippen MR) is 77.8 cm³/mol. The van der Waals surface area contributed by atoms with E-state index in [0.29, 0.717) is 16.3 Å². The first-order valence-corrected chi connectivity index (χ1v) is 6.98. The molecule has 0 atom stereocenters. The number of hydrogen-bond acceptors (Lipinski definition) is 5. The summed E-state index contributed by atoms with van der Waals surface area (Å²) in [7, 11) is 0. The van der Waals surface area contributed by atoms with Crippen molar-refractivity contribution in [3.8, 4) is 5.75 Å².